The second kappa shape index (κ2) is 4.22. The van der Waals surface area contributed by atoms with Crippen LogP contribution in [0.15, 0.2) is 11.8 Å². The number of hydrogen-bond acceptors (Lipinski definition) is 3. The topological polar surface area (TPSA) is 67.6 Å². The zero-order chi connectivity index (χ0) is 10.7. The highest BCUT2D eigenvalue weighted by atomic mass is 35.5. The minimum Gasteiger partial charge on any atom is -0.389 e. The average molecular weight is 227 g/mol. The maximum absolute atomic E-state index is 8.69. The van der Waals surface area contributed by atoms with Gasteiger partial charge in [-0.2, -0.15) is 10.4 Å². The molecule has 0 spiro atoms. The van der Waals surface area contributed by atoms with Crippen LogP contribution in [0.3, 0.4) is 0 Å². The molecular weight excluding hydrogens is 220 g/mol. The van der Waals surface area contributed by atoms with Gasteiger partial charge < -0.3 is 5.73 Å². The predicted molar refractivity (Wildman–Crippen MR) is 58.6 cm³/mol. The molecule has 0 fully saturated rings. The van der Waals surface area contributed by atoms with Crippen molar-refractivity contribution in [3.05, 3.63) is 22.5 Å². The number of nitrogens with zero attached hydrogens (tertiary/aromatic N) is 3. The van der Waals surface area contributed by atoms with Crippen molar-refractivity contribution in [1.82, 2.24) is 9.78 Å². The molecule has 1 aromatic heterocycles. The zero-order valence-corrected chi connectivity index (χ0v) is 8.93. The van der Waals surface area contributed by atoms with Gasteiger partial charge in [-0.15, -0.1) is 0 Å². The molecule has 0 atom stereocenters. The lowest BCUT2D eigenvalue weighted by Crippen LogP contribution is -2.09. The minimum atomic E-state index is 0.0363. The van der Waals surface area contributed by atoms with Crippen LogP contribution in [0, 0.1) is 11.3 Å². The molecule has 0 aliphatic rings. The second-order valence-electron chi connectivity index (χ2n) is 2.57. The first-order chi connectivity index (χ1) is 6.54. The van der Waals surface area contributed by atoms with Crippen LogP contribution in [0.25, 0.3) is 6.08 Å². The van der Waals surface area contributed by atoms with Gasteiger partial charge in [0, 0.05) is 13.2 Å². The van der Waals surface area contributed by atoms with Gasteiger partial charge >= 0.3 is 0 Å². The van der Waals surface area contributed by atoms with E-state index in [-0.39, 0.29) is 10.6 Å². The highest BCUT2D eigenvalue weighted by molar-refractivity contribution is 7.80. The third kappa shape index (κ3) is 2.31. The van der Waals surface area contributed by atoms with Gasteiger partial charge in [-0.3, -0.25) is 4.68 Å². The summed E-state index contributed by atoms with van der Waals surface area (Å²) in [7, 11) is 1.73. The summed E-state index contributed by atoms with van der Waals surface area (Å²) in [5.74, 6) is 0. The summed E-state index contributed by atoms with van der Waals surface area (Å²) in [6.45, 7) is 0. The number of nitriles is 1. The molecule has 2 N–H and O–H groups in total. The fourth-order valence-electron chi connectivity index (χ4n) is 0.870. The van der Waals surface area contributed by atoms with E-state index in [4.69, 9.17) is 22.6 Å². The summed E-state index contributed by atoms with van der Waals surface area (Å²) >= 11 is 10.5. The predicted octanol–water partition coefficient (Wildman–Crippen LogP) is 1.27. The number of aryl methyl sites for hydroxylation is 1. The van der Waals surface area contributed by atoms with Gasteiger partial charge in [0.15, 0.2) is 0 Å². The van der Waals surface area contributed by atoms with Gasteiger partial charge in [0.1, 0.15) is 16.8 Å². The maximum Gasteiger partial charge on any atom is 0.114 e. The molecule has 0 aromatic carbocycles. The van der Waals surface area contributed by atoms with Gasteiger partial charge in [-0.1, -0.05) is 23.8 Å². The highest BCUT2D eigenvalue weighted by Crippen LogP contribution is 2.16. The van der Waals surface area contributed by atoms with E-state index in [0.29, 0.717) is 10.7 Å². The van der Waals surface area contributed by atoms with Crippen molar-refractivity contribution in [3.8, 4) is 6.07 Å². The largest absolute Gasteiger partial charge is 0.389 e. The fraction of sp³-hybridized carbons (Fsp3) is 0.125. The summed E-state index contributed by atoms with van der Waals surface area (Å²) in [5.41, 5.74) is 5.99. The third-order valence-corrected chi connectivity index (χ3v) is 1.99. The molecule has 1 rings (SSSR count). The minimum absolute atomic E-state index is 0.0363. The van der Waals surface area contributed by atoms with Crippen LogP contribution in [-0.4, -0.2) is 14.8 Å². The smallest absolute Gasteiger partial charge is 0.114 e. The van der Waals surface area contributed by atoms with Gasteiger partial charge in [-0.05, 0) is 6.08 Å². The van der Waals surface area contributed by atoms with E-state index in [1.54, 1.807) is 17.9 Å². The number of hydrogen-bond donors (Lipinski definition) is 1. The molecule has 0 aliphatic carbocycles. The van der Waals surface area contributed by atoms with Crippen LogP contribution in [-0.2, 0) is 7.05 Å². The molecule has 0 radical (unpaired) electrons. The molecule has 1 heterocycles. The molecule has 0 amide bonds. The van der Waals surface area contributed by atoms with Crippen molar-refractivity contribution in [2.75, 3.05) is 0 Å². The van der Waals surface area contributed by atoms with E-state index >= 15 is 0 Å². The number of aromatic nitrogens is 2. The Hall–Kier alpha value is -1.38. The Morgan fingerprint density at radius 1 is 1.86 bits per heavy atom. The summed E-state index contributed by atoms with van der Waals surface area (Å²) in [4.78, 5) is 0.0363. The molecule has 0 aliphatic heterocycles. The van der Waals surface area contributed by atoms with Crippen LogP contribution in [0.5, 0.6) is 0 Å². The maximum atomic E-state index is 8.69. The van der Waals surface area contributed by atoms with Gasteiger partial charge in [-0.25, -0.2) is 0 Å². The number of rotatable bonds is 2. The molecule has 6 heteroatoms. The Bertz CT molecular complexity index is 441. The molecule has 0 bridgehead atoms. The van der Waals surface area contributed by atoms with E-state index in [9.17, 15) is 0 Å². The van der Waals surface area contributed by atoms with E-state index in [1.807, 2.05) is 6.07 Å². The summed E-state index contributed by atoms with van der Waals surface area (Å²) in [6.07, 6.45) is 3.09. The van der Waals surface area contributed by atoms with Crippen molar-refractivity contribution in [3.63, 3.8) is 0 Å². The Labute approximate surface area is 91.6 Å². The highest BCUT2D eigenvalue weighted by Gasteiger charge is 2.05. The monoisotopic (exact) mass is 226 g/mol. The fourth-order valence-corrected chi connectivity index (χ4v) is 1.21. The first-order valence-electron chi connectivity index (χ1n) is 3.65. The van der Waals surface area contributed by atoms with E-state index in [2.05, 4.69) is 17.3 Å². The van der Waals surface area contributed by atoms with E-state index in [1.165, 1.54) is 6.08 Å². The van der Waals surface area contributed by atoms with Crippen molar-refractivity contribution < 1.29 is 0 Å². The number of nitrogens with two attached hydrogens (primary N) is 1. The lowest BCUT2D eigenvalue weighted by Gasteiger charge is -1.92. The van der Waals surface area contributed by atoms with Gasteiger partial charge in [0.05, 0.1) is 10.6 Å². The van der Waals surface area contributed by atoms with Crippen LogP contribution in [0.1, 0.15) is 5.69 Å². The Morgan fingerprint density at radius 3 is 2.86 bits per heavy atom. The Balaban J connectivity index is 3.14. The third-order valence-electron chi connectivity index (χ3n) is 1.48. The van der Waals surface area contributed by atoms with Crippen LogP contribution < -0.4 is 5.73 Å². The number of thiocarbonyl (C=S) groups is 1. The molecule has 1 aromatic rings. The summed E-state index contributed by atoms with van der Waals surface area (Å²) in [6, 6.07) is 1.87. The summed E-state index contributed by atoms with van der Waals surface area (Å²) < 4.78 is 1.54. The Morgan fingerprint density at radius 2 is 2.50 bits per heavy atom. The van der Waals surface area contributed by atoms with Gasteiger partial charge in [0.2, 0.25) is 0 Å². The first kappa shape index (κ1) is 10.7. The summed E-state index contributed by atoms with van der Waals surface area (Å²) in [5, 5.41) is 13.2. The Kier molecular flexibility index (Phi) is 3.23. The molecule has 14 heavy (non-hydrogen) atoms. The standard InChI is InChI=1S/C8H7ClN4S/c1-13-4-6(9)7(12-13)2-5(3-10)8(11)14/h2,4H,1H3,(H2,11,14). The SMILES string of the molecule is Cn1cc(Cl)c(C=C(C#N)C(N)=S)n1. The molecule has 72 valence electrons. The van der Waals surface area contributed by atoms with Crippen molar-refractivity contribution in [2.24, 2.45) is 12.8 Å². The zero-order valence-electron chi connectivity index (χ0n) is 7.36. The van der Waals surface area contributed by atoms with Crippen molar-refractivity contribution in [1.29, 1.82) is 5.26 Å². The lowest BCUT2D eigenvalue weighted by molar-refractivity contribution is 0.764. The second-order valence-corrected chi connectivity index (χ2v) is 3.42. The number of halogens is 1. The normalized spacial score (nSPS) is 11.1. The molecule has 4 nitrogen and oxygen atoms in total. The average Bonchev–Trinajstić information content (AvgIpc) is 2.40. The molecule has 0 unspecified atom stereocenters. The van der Waals surface area contributed by atoms with E-state index in [0.717, 1.165) is 0 Å². The molecule has 0 saturated carbocycles. The van der Waals surface area contributed by atoms with Crippen LogP contribution >= 0.6 is 23.8 Å². The van der Waals surface area contributed by atoms with E-state index < -0.39 is 0 Å². The van der Waals surface area contributed by atoms with Crippen LogP contribution in [0.2, 0.25) is 5.02 Å². The molecule has 0 saturated heterocycles. The first-order valence-corrected chi connectivity index (χ1v) is 4.44. The molecular formula is C8H7ClN4S. The quantitative estimate of drug-likeness (QED) is 0.469. The van der Waals surface area contributed by atoms with Crippen molar-refractivity contribution in [2.45, 2.75) is 0 Å². The van der Waals surface area contributed by atoms with Crippen LogP contribution in [0.4, 0.5) is 0 Å². The van der Waals surface area contributed by atoms with Crippen molar-refractivity contribution >= 4 is 34.9 Å². The lowest BCUT2D eigenvalue weighted by atomic mass is 10.2. The van der Waals surface area contributed by atoms with Gasteiger partial charge in [0.25, 0.3) is 0 Å².